The number of rotatable bonds is 6. The van der Waals surface area contributed by atoms with Crippen LogP contribution in [-0.2, 0) is 11.3 Å². The Morgan fingerprint density at radius 2 is 1.85 bits per heavy atom. The lowest BCUT2D eigenvalue weighted by atomic mass is 10.0. The number of aromatic nitrogens is 3. The van der Waals surface area contributed by atoms with Crippen LogP contribution in [0.25, 0.3) is 0 Å². The van der Waals surface area contributed by atoms with E-state index in [1.165, 1.54) is 5.56 Å². The minimum absolute atomic E-state index is 0.00647. The molecule has 3 heterocycles. The summed E-state index contributed by atoms with van der Waals surface area (Å²) in [6.45, 7) is 4.39. The van der Waals surface area contributed by atoms with E-state index in [0.29, 0.717) is 24.4 Å². The first-order valence-electron chi connectivity index (χ1n) is 12.0. The maximum atomic E-state index is 15.3. The zero-order valence-electron chi connectivity index (χ0n) is 19.8. The Morgan fingerprint density at radius 1 is 1.06 bits per heavy atom. The van der Waals surface area contributed by atoms with E-state index >= 15 is 4.39 Å². The summed E-state index contributed by atoms with van der Waals surface area (Å²) in [4.78, 5) is 2.21. The molecule has 0 spiro atoms. The van der Waals surface area contributed by atoms with Gasteiger partial charge in [0, 0.05) is 49.3 Å². The minimum Gasteiger partial charge on any atom is -0.377 e. The second-order valence-corrected chi connectivity index (χ2v) is 10.5. The van der Waals surface area contributed by atoms with Crippen molar-refractivity contribution in [1.82, 2.24) is 19.1 Å². The fraction of sp³-hybridized carbons (Fsp3) is 0.462. The molecule has 8 heteroatoms. The lowest BCUT2D eigenvalue weighted by Gasteiger charge is -2.39. The first-order chi connectivity index (χ1) is 16.6. The van der Waals surface area contributed by atoms with Gasteiger partial charge in [-0.3, -0.25) is 0 Å². The standard InChI is InChI=1S/C26H32FN5OS/c1-19-8-11-26(20-6-4-3-5-7-20)34-32(19)15-21-9-10-22(14-23(21)27)30-13-12-24(25(16-30)33-2)31-17-28-29-18-31/h3-7,9-10,14,17-19,24-26H,8,11-13,15-16H2,1-2H3/t19-,24+,25-,26+/m0/s1. The predicted molar refractivity (Wildman–Crippen MR) is 134 cm³/mol. The topological polar surface area (TPSA) is 46.4 Å². The Kier molecular flexibility index (Phi) is 7.18. The number of ether oxygens (including phenoxy) is 1. The summed E-state index contributed by atoms with van der Waals surface area (Å²) in [5, 5.41) is 8.28. The van der Waals surface area contributed by atoms with Gasteiger partial charge in [0.2, 0.25) is 0 Å². The second kappa shape index (κ2) is 10.5. The second-order valence-electron chi connectivity index (χ2n) is 9.27. The molecule has 2 aliphatic heterocycles. The van der Waals surface area contributed by atoms with Crippen LogP contribution in [0.15, 0.2) is 61.2 Å². The Labute approximate surface area is 205 Å². The van der Waals surface area contributed by atoms with Crippen LogP contribution in [0, 0.1) is 5.82 Å². The van der Waals surface area contributed by atoms with Crippen LogP contribution in [0.2, 0.25) is 0 Å². The number of benzene rings is 2. The minimum atomic E-state index is -0.137. The number of piperidine rings is 1. The van der Waals surface area contributed by atoms with Crippen LogP contribution >= 0.6 is 11.9 Å². The number of hydrogen-bond donors (Lipinski definition) is 0. The zero-order valence-corrected chi connectivity index (χ0v) is 20.6. The van der Waals surface area contributed by atoms with Crippen LogP contribution in [0.1, 0.15) is 48.6 Å². The Bertz CT molecular complexity index is 1070. The van der Waals surface area contributed by atoms with E-state index < -0.39 is 0 Å². The van der Waals surface area contributed by atoms with Crippen LogP contribution in [0.4, 0.5) is 10.1 Å². The third-order valence-corrected chi connectivity index (χ3v) is 8.67. The highest BCUT2D eigenvalue weighted by Crippen LogP contribution is 2.43. The normalized spacial score (nSPS) is 26.0. The largest absolute Gasteiger partial charge is 0.377 e. The smallest absolute Gasteiger partial charge is 0.129 e. The van der Waals surface area contributed by atoms with Crippen molar-refractivity contribution in [3.8, 4) is 0 Å². The van der Waals surface area contributed by atoms with Crippen LogP contribution < -0.4 is 4.90 Å². The summed E-state index contributed by atoms with van der Waals surface area (Å²) in [6, 6.07) is 17.0. The summed E-state index contributed by atoms with van der Waals surface area (Å²) < 4.78 is 25.4. The highest BCUT2D eigenvalue weighted by Gasteiger charge is 2.31. The molecule has 3 aromatic rings. The Hall–Kier alpha value is -2.42. The van der Waals surface area contributed by atoms with E-state index in [1.54, 1.807) is 25.8 Å². The molecular weight excluding hydrogens is 449 g/mol. The molecule has 2 aromatic carbocycles. The maximum absolute atomic E-state index is 15.3. The Balaban J connectivity index is 1.26. The van der Waals surface area contributed by atoms with Crippen molar-refractivity contribution in [2.45, 2.75) is 56.2 Å². The van der Waals surface area contributed by atoms with Gasteiger partial charge in [-0.1, -0.05) is 48.3 Å². The van der Waals surface area contributed by atoms with Gasteiger partial charge in [-0.15, -0.1) is 10.2 Å². The summed E-state index contributed by atoms with van der Waals surface area (Å²) in [6.07, 6.45) is 6.63. The van der Waals surface area contributed by atoms with Crippen molar-refractivity contribution in [2.75, 3.05) is 25.1 Å². The molecule has 0 bridgehead atoms. The molecule has 0 aliphatic carbocycles. The van der Waals surface area contributed by atoms with E-state index in [2.05, 4.69) is 62.7 Å². The zero-order chi connectivity index (χ0) is 23.5. The van der Waals surface area contributed by atoms with Gasteiger partial charge in [-0.2, -0.15) is 0 Å². The van der Waals surface area contributed by atoms with Crippen molar-refractivity contribution in [2.24, 2.45) is 0 Å². The van der Waals surface area contributed by atoms with Gasteiger partial charge < -0.3 is 14.2 Å². The van der Waals surface area contributed by atoms with E-state index in [4.69, 9.17) is 4.74 Å². The number of methoxy groups -OCH3 is 1. The Morgan fingerprint density at radius 3 is 2.59 bits per heavy atom. The first kappa shape index (κ1) is 23.3. The summed E-state index contributed by atoms with van der Waals surface area (Å²) >= 11 is 1.86. The van der Waals surface area contributed by atoms with Gasteiger partial charge >= 0.3 is 0 Å². The first-order valence-corrected chi connectivity index (χ1v) is 12.8. The molecule has 1 aromatic heterocycles. The highest BCUT2D eigenvalue weighted by molar-refractivity contribution is 7.97. The summed E-state index contributed by atoms with van der Waals surface area (Å²) in [5.41, 5.74) is 3.01. The summed E-state index contributed by atoms with van der Waals surface area (Å²) in [7, 11) is 1.73. The van der Waals surface area contributed by atoms with Crippen molar-refractivity contribution < 1.29 is 9.13 Å². The molecule has 6 nitrogen and oxygen atoms in total. The molecule has 0 unspecified atom stereocenters. The number of anilines is 1. The average molecular weight is 482 g/mol. The highest BCUT2D eigenvalue weighted by atomic mass is 32.2. The maximum Gasteiger partial charge on any atom is 0.129 e. The van der Waals surface area contributed by atoms with Gasteiger partial charge in [0.1, 0.15) is 18.5 Å². The molecule has 0 N–H and O–H groups in total. The van der Waals surface area contributed by atoms with Crippen molar-refractivity contribution in [3.63, 3.8) is 0 Å². The van der Waals surface area contributed by atoms with Crippen molar-refractivity contribution in [1.29, 1.82) is 0 Å². The van der Waals surface area contributed by atoms with Crippen molar-refractivity contribution in [3.05, 3.63) is 78.1 Å². The molecule has 5 rings (SSSR count). The number of hydrogen-bond acceptors (Lipinski definition) is 6. The molecular formula is C26H32FN5OS. The molecule has 2 saturated heterocycles. The van der Waals surface area contributed by atoms with Gasteiger partial charge in [0.15, 0.2) is 0 Å². The molecule has 0 amide bonds. The third kappa shape index (κ3) is 4.99. The van der Waals surface area contributed by atoms with Crippen LogP contribution in [0.5, 0.6) is 0 Å². The number of halogens is 1. The fourth-order valence-corrected chi connectivity index (χ4v) is 6.44. The predicted octanol–water partition coefficient (Wildman–Crippen LogP) is 5.26. The number of nitrogens with zero attached hydrogens (tertiary/aromatic N) is 5. The molecule has 4 atom stereocenters. The molecule has 180 valence electrons. The van der Waals surface area contributed by atoms with Crippen molar-refractivity contribution >= 4 is 17.6 Å². The third-order valence-electron chi connectivity index (χ3n) is 7.15. The lowest BCUT2D eigenvalue weighted by Crippen LogP contribution is -2.45. The van der Waals surface area contributed by atoms with Gasteiger partial charge in [0.25, 0.3) is 0 Å². The molecule has 0 saturated carbocycles. The van der Waals surface area contributed by atoms with E-state index in [-0.39, 0.29) is 18.0 Å². The monoisotopic (exact) mass is 481 g/mol. The molecule has 2 aliphatic rings. The molecule has 34 heavy (non-hydrogen) atoms. The van der Waals surface area contributed by atoms with Crippen LogP contribution in [-0.4, -0.2) is 51.4 Å². The van der Waals surface area contributed by atoms with Gasteiger partial charge in [-0.05, 0) is 43.9 Å². The quantitative estimate of drug-likeness (QED) is 0.448. The molecule has 2 fully saturated rings. The van der Waals surface area contributed by atoms with Gasteiger partial charge in [-0.25, -0.2) is 8.70 Å². The fourth-order valence-electron chi connectivity index (χ4n) is 5.07. The SMILES string of the molecule is CO[C@H]1CN(c2ccc(CN3S[C@@H](c4ccccc4)CC[C@@H]3C)c(F)c2)CC[C@H]1n1cnnc1. The average Bonchev–Trinajstić information content (AvgIpc) is 3.41. The molecule has 0 radical (unpaired) electrons. The summed E-state index contributed by atoms with van der Waals surface area (Å²) in [5.74, 6) is -0.137. The van der Waals surface area contributed by atoms with E-state index in [1.807, 2.05) is 22.6 Å². The lowest BCUT2D eigenvalue weighted by molar-refractivity contribution is 0.0472. The van der Waals surface area contributed by atoms with E-state index in [9.17, 15) is 0 Å². The van der Waals surface area contributed by atoms with Crippen LogP contribution in [0.3, 0.4) is 0 Å². The van der Waals surface area contributed by atoms with E-state index in [0.717, 1.165) is 37.1 Å². The van der Waals surface area contributed by atoms with Gasteiger partial charge in [0.05, 0.1) is 12.1 Å².